The summed E-state index contributed by atoms with van der Waals surface area (Å²) in [5.41, 5.74) is -1.31. The molecule has 2 aromatic rings. The highest BCUT2D eigenvalue weighted by atomic mass is 35.5. The summed E-state index contributed by atoms with van der Waals surface area (Å²) in [6, 6.07) is 7.62. The Bertz CT molecular complexity index is 832. The van der Waals surface area contributed by atoms with Crippen LogP contribution >= 0.6 is 11.6 Å². The predicted molar refractivity (Wildman–Crippen MR) is 90.2 cm³/mol. The number of hydrogen-bond acceptors (Lipinski definition) is 3. The molecule has 1 atom stereocenters. The van der Waals surface area contributed by atoms with Gasteiger partial charge in [-0.05, 0) is 49.1 Å². The van der Waals surface area contributed by atoms with Gasteiger partial charge in [0.05, 0.1) is 18.4 Å². The third-order valence-corrected chi connectivity index (χ3v) is 5.04. The molecule has 2 heterocycles. The Morgan fingerprint density at radius 1 is 1.36 bits per heavy atom. The summed E-state index contributed by atoms with van der Waals surface area (Å²) in [5.74, 6) is -2.94. The van der Waals surface area contributed by atoms with E-state index in [1.165, 1.54) is 24.4 Å². The third kappa shape index (κ3) is 2.55. The van der Waals surface area contributed by atoms with Gasteiger partial charge in [0.2, 0.25) is 0 Å². The number of ether oxygens (including phenoxy) is 1. The highest BCUT2D eigenvalue weighted by molar-refractivity contribution is 6.30. The van der Waals surface area contributed by atoms with Crippen molar-refractivity contribution in [2.45, 2.75) is 31.3 Å². The van der Waals surface area contributed by atoms with E-state index in [2.05, 4.69) is 5.32 Å². The Hall–Kier alpha value is -1.92. The molecule has 1 aromatic carbocycles. The lowest BCUT2D eigenvalue weighted by Crippen LogP contribution is -2.51. The SMILES string of the molecule is CC(F)(F)C1(OCC2CC2)c2cc(Cl)ccc2Nc2c1ccc[n+]2[O-]. The number of aromatic nitrogens is 1. The highest BCUT2D eigenvalue weighted by Gasteiger charge is 2.60. The Labute approximate surface area is 149 Å². The molecule has 2 aliphatic rings. The minimum absolute atomic E-state index is 0.0506. The van der Waals surface area contributed by atoms with Gasteiger partial charge in [-0.15, -0.1) is 0 Å². The summed E-state index contributed by atoms with van der Waals surface area (Å²) in [7, 11) is 0. The molecule has 0 radical (unpaired) electrons. The van der Waals surface area contributed by atoms with Crippen LogP contribution in [0.15, 0.2) is 36.5 Å². The van der Waals surface area contributed by atoms with Crippen molar-refractivity contribution in [3.05, 3.63) is 57.9 Å². The summed E-state index contributed by atoms with van der Waals surface area (Å²) in [6.07, 6.45) is 3.21. The standard InChI is InChI=1S/C18H17ClF2N2O2/c1-17(20,21)18(25-10-11-4-5-11)13-3-2-8-23(24)16(13)22-15-7-6-12(19)9-14(15)18/h2-3,6-9,11,22H,4-5,10H2,1H3. The summed E-state index contributed by atoms with van der Waals surface area (Å²) in [6.45, 7) is 1.03. The van der Waals surface area contributed by atoms with Crippen LogP contribution in [0.2, 0.25) is 5.02 Å². The third-order valence-electron chi connectivity index (χ3n) is 4.80. The smallest absolute Gasteiger partial charge is 0.289 e. The number of fused-ring (bicyclic) bond motifs is 2. The van der Waals surface area contributed by atoms with Gasteiger partial charge in [0.1, 0.15) is 5.69 Å². The van der Waals surface area contributed by atoms with Crippen molar-refractivity contribution in [2.24, 2.45) is 5.92 Å². The Morgan fingerprint density at radius 2 is 2.12 bits per heavy atom. The molecular weight excluding hydrogens is 350 g/mol. The second-order valence-corrected chi connectivity index (χ2v) is 7.17. The van der Waals surface area contributed by atoms with E-state index >= 15 is 8.78 Å². The van der Waals surface area contributed by atoms with Crippen LogP contribution in [0.5, 0.6) is 0 Å². The number of hydrogen-bond donors (Lipinski definition) is 1. The molecule has 1 unspecified atom stereocenters. The maximum atomic E-state index is 15.0. The van der Waals surface area contributed by atoms with Crippen LogP contribution in [0.4, 0.5) is 20.3 Å². The molecule has 0 amide bonds. The van der Waals surface area contributed by atoms with E-state index in [0.29, 0.717) is 15.4 Å². The quantitative estimate of drug-likeness (QED) is 0.646. The normalized spacial score (nSPS) is 22.1. The fourth-order valence-electron chi connectivity index (χ4n) is 3.37. The monoisotopic (exact) mass is 366 g/mol. The second-order valence-electron chi connectivity index (χ2n) is 6.74. The van der Waals surface area contributed by atoms with Crippen LogP contribution in [-0.4, -0.2) is 12.5 Å². The number of nitrogens with zero attached hydrogens (tertiary/aromatic N) is 1. The molecule has 0 saturated heterocycles. The van der Waals surface area contributed by atoms with E-state index in [0.717, 1.165) is 19.8 Å². The summed E-state index contributed by atoms with van der Waals surface area (Å²) in [4.78, 5) is 0. The van der Waals surface area contributed by atoms with Crippen molar-refractivity contribution >= 4 is 23.1 Å². The van der Waals surface area contributed by atoms with Crippen LogP contribution in [0.1, 0.15) is 30.9 Å². The van der Waals surface area contributed by atoms with Gasteiger partial charge in [-0.3, -0.25) is 0 Å². The molecule has 4 nitrogen and oxygen atoms in total. The van der Waals surface area contributed by atoms with Gasteiger partial charge >= 0.3 is 0 Å². The van der Waals surface area contributed by atoms with E-state index in [1.807, 2.05) is 0 Å². The average Bonchev–Trinajstić information content (AvgIpc) is 3.36. The highest BCUT2D eigenvalue weighted by Crippen LogP contribution is 2.54. The minimum atomic E-state index is -3.27. The van der Waals surface area contributed by atoms with Crippen LogP contribution in [-0.2, 0) is 10.3 Å². The van der Waals surface area contributed by atoms with Crippen molar-refractivity contribution in [3.8, 4) is 0 Å². The molecule has 0 spiro atoms. The minimum Gasteiger partial charge on any atom is -0.711 e. The van der Waals surface area contributed by atoms with Gasteiger partial charge in [-0.25, -0.2) is 18.8 Å². The van der Waals surface area contributed by atoms with Crippen molar-refractivity contribution in [3.63, 3.8) is 0 Å². The van der Waals surface area contributed by atoms with Gasteiger partial charge in [-0.1, -0.05) is 11.6 Å². The number of benzene rings is 1. The molecule has 4 rings (SSSR count). The average molecular weight is 367 g/mol. The van der Waals surface area contributed by atoms with E-state index in [9.17, 15) is 5.21 Å². The molecule has 25 heavy (non-hydrogen) atoms. The van der Waals surface area contributed by atoms with E-state index in [4.69, 9.17) is 16.3 Å². The molecular formula is C18H17ClF2N2O2. The number of halogens is 3. The summed E-state index contributed by atoms with van der Waals surface area (Å²) < 4.78 is 36.6. The molecule has 1 fully saturated rings. The van der Waals surface area contributed by atoms with Gasteiger partial charge in [0.25, 0.3) is 11.7 Å². The van der Waals surface area contributed by atoms with Crippen molar-refractivity contribution in [2.75, 3.05) is 11.9 Å². The van der Waals surface area contributed by atoms with Gasteiger partial charge in [0.15, 0.2) is 5.60 Å². The second kappa shape index (κ2) is 5.54. The van der Waals surface area contributed by atoms with Gasteiger partial charge in [-0.2, -0.15) is 0 Å². The fraction of sp³-hybridized carbons (Fsp3) is 0.389. The lowest BCUT2D eigenvalue weighted by Gasteiger charge is -2.42. The van der Waals surface area contributed by atoms with Crippen LogP contribution in [0.25, 0.3) is 0 Å². The number of anilines is 2. The molecule has 1 saturated carbocycles. The summed E-state index contributed by atoms with van der Waals surface area (Å²) in [5, 5.41) is 15.5. The number of nitrogens with one attached hydrogen (secondary N) is 1. The van der Waals surface area contributed by atoms with Crippen LogP contribution in [0.3, 0.4) is 0 Å². The van der Waals surface area contributed by atoms with Crippen LogP contribution in [0, 0.1) is 11.1 Å². The Morgan fingerprint density at radius 3 is 2.80 bits per heavy atom. The van der Waals surface area contributed by atoms with E-state index < -0.39 is 11.5 Å². The van der Waals surface area contributed by atoms with Gasteiger partial charge < -0.3 is 9.94 Å². The lowest BCUT2D eigenvalue weighted by atomic mass is 9.78. The topological polar surface area (TPSA) is 48.2 Å². The zero-order valence-electron chi connectivity index (χ0n) is 13.6. The maximum absolute atomic E-state index is 15.0. The van der Waals surface area contributed by atoms with Gasteiger partial charge in [0, 0.05) is 17.5 Å². The first-order valence-electron chi connectivity index (χ1n) is 8.14. The Balaban J connectivity index is 1.99. The number of pyridine rings is 1. The zero-order chi connectivity index (χ0) is 17.8. The molecule has 1 aliphatic heterocycles. The molecule has 132 valence electrons. The van der Waals surface area contributed by atoms with E-state index in [-0.39, 0.29) is 29.5 Å². The first kappa shape index (κ1) is 16.5. The maximum Gasteiger partial charge on any atom is 0.289 e. The fourth-order valence-corrected chi connectivity index (χ4v) is 3.54. The number of rotatable bonds is 4. The van der Waals surface area contributed by atoms with Crippen LogP contribution < -0.4 is 10.0 Å². The molecule has 0 bridgehead atoms. The van der Waals surface area contributed by atoms with Crippen molar-refractivity contribution in [1.29, 1.82) is 0 Å². The first-order valence-corrected chi connectivity index (χ1v) is 8.52. The largest absolute Gasteiger partial charge is 0.711 e. The lowest BCUT2D eigenvalue weighted by molar-refractivity contribution is -0.591. The zero-order valence-corrected chi connectivity index (χ0v) is 14.3. The molecule has 7 heteroatoms. The molecule has 1 aliphatic carbocycles. The molecule has 1 N–H and O–H groups in total. The van der Waals surface area contributed by atoms with E-state index in [1.54, 1.807) is 12.1 Å². The Kier molecular flexibility index (Phi) is 3.67. The number of alkyl halides is 2. The summed E-state index contributed by atoms with van der Waals surface area (Å²) >= 11 is 6.09. The van der Waals surface area contributed by atoms with Crippen molar-refractivity contribution in [1.82, 2.24) is 0 Å². The predicted octanol–water partition coefficient (Wildman–Crippen LogP) is 4.36. The molecule has 1 aromatic heterocycles. The first-order chi connectivity index (χ1) is 11.8. The van der Waals surface area contributed by atoms with Crippen molar-refractivity contribution < 1.29 is 18.2 Å².